The summed E-state index contributed by atoms with van der Waals surface area (Å²) >= 11 is 0. The molecule has 0 amide bonds. The lowest BCUT2D eigenvalue weighted by molar-refractivity contribution is 0.460. The van der Waals surface area contributed by atoms with E-state index in [0.717, 1.165) is 17.1 Å². The first-order valence-electron chi connectivity index (χ1n) is 6.02. The molecule has 5 nitrogen and oxygen atoms in total. The number of hydrogen-bond donors (Lipinski definition) is 1. The van der Waals surface area contributed by atoms with Gasteiger partial charge in [0.05, 0.1) is 23.3 Å². The quantitative estimate of drug-likeness (QED) is 0.857. The van der Waals surface area contributed by atoms with Crippen LogP contribution < -0.4 is 15.4 Å². The minimum atomic E-state index is 0.450. The molecular formula is C14H18N4O. The van der Waals surface area contributed by atoms with E-state index in [1.165, 1.54) is 0 Å². The molecule has 2 rings (SSSR count). The van der Waals surface area contributed by atoms with Crippen molar-refractivity contribution in [3.63, 3.8) is 0 Å². The van der Waals surface area contributed by atoms with Crippen molar-refractivity contribution < 1.29 is 4.74 Å². The third-order valence-corrected chi connectivity index (χ3v) is 2.90. The van der Waals surface area contributed by atoms with Crippen LogP contribution in [0.4, 0.5) is 11.4 Å². The van der Waals surface area contributed by atoms with Gasteiger partial charge in [0, 0.05) is 25.8 Å². The van der Waals surface area contributed by atoms with Crippen molar-refractivity contribution in [3.05, 3.63) is 35.8 Å². The fourth-order valence-electron chi connectivity index (χ4n) is 1.57. The molecule has 5 heteroatoms. The standard InChI is InChI=1S/C14H18N4O/c1-9-10(2)17-14(8-16-9)19-13-7-11(18(3)4)5-6-12(13)15/h5-8H,15H2,1-4H3. The summed E-state index contributed by atoms with van der Waals surface area (Å²) < 4.78 is 5.71. The summed E-state index contributed by atoms with van der Waals surface area (Å²) in [5, 5.41) is 0. The lowest BCUT2D eigenvalue weighted by atomic mass is 10.2. The summed E-state index contributed by atoms with van der Waals surface area (Å²) in [6.07, 6.45) is 1.60. The van der Waals surface area contributed by atoms with E-state index in [0.29, 0.717) is 17.3 Å². The normalized spacial score (nSPS) is 10.3. The maximum atomic E-state index is 5.91. The first kappa shape index (κ1) is 13.1. The van der Waals surface area contributed by atoms with Crippen molar-refractivity contribution in [1.82, 2.24) is 9.97 Å². The van der Waals surface area contributed by atoms with Gasteiger partial charge in [-0.3, -0.25) is 4.98 Å². The van der Waals surface area contributed by atoms with Crippen LogP contribution in [-0.4, -0.2) is 24.1 Å². The Morgan fingerprint density at radius 2 is 1.89 bits per heavy atom. The minimum Gasteiger partial charge on any atom is -0.435 e. The fourth-order valence-corrected chi connectivity index (χ4v) is 1.57. The molecule has 0 unspecified atom stereocenters. The molecule has 1 aromatic heterocycles. The van der Waals surface area contributed by atoms with Crippen molar-refractivity contribution >= 4 is 11.4 Å². The van der Waals surface area contributed by atoms with Crippen LogP contribution in [0, 0.1) is 13.8 Å². The number of hydrogen-bond acceptors (Lipinski definition) is 5. The Labute approximate surface area is 113 Å². The molecular weight excluding hydrogens is 240 g/mol. The average molecular weight is 258 g/mol. The van der Waals surface area contributed by atoms with Gasteiger partial charge in [-0.25, -0.2) is 4.98 Å². The van der Waals surface area contributed by atoms with Gasteiger partial charge in [0.15, 0.2) is 5.75 Å². The minimum absolute atomic E-state index is 0.450. The largest absolute Gasteiger partial charge is 0.435 e. The lowest BCUT2D eigenvalue weighted by Crippen LogP contribution is -2.09. The van der Waals surface area contributed by atoms with Gasteiger partial charge >= 0.3 is 0 Å². The molecule has 0 saturated carbocycles. The van der Waals surface area contributed by atoms with Gasteiger partial charge in [0.2, 0.25) is 5.88 Å². The predicted molar refractivity (Wildman–Crippen MR) is 76.8 cm³/mol. The Balaban J connectivity index is 2.31. The zero-order chi connectivity index (χ0) is 14.0. The van der Waals surface area contributed by atoms with Crippen molar-refractivity contribution in [1.29, 1.82) is 0 Å². The van der Waals surface area contributed by atoms with Crippen LogP contribution in [0.2, 0.25) is 0 Å². The summed E-state index contributed by atoms with van der Waals surface area (Å²) in [6.45, 7) is 3.81. The molecule has 0 radical (unpaired) electrons. The number of aryl methyl sites for hydroxylation is 2. The van der Waals surface area contributed by atoms with Crippen molar-refractivity contribution in [3.8, 4) is 11.6 Å². The summed E-state index contributed by atoms with van der Waals surface area (Å²) in [5.74, 6) is 1.04. The Bertz CT molecular complexity index is 596. The maximum absolute atomic E-state index is 5.91. The molecule has 1 aromatic carbocycles. The smallest absolute Gasteiger partial charge is 0.238 e. The van der Waals surface area contributed by atoms with Crippen molar-refractivity contribution in [2.45, 2.75) is 13.8 Å². The van der Waals surface area contributed by atoms with Crippen LogP contribution >= 0.6 is 0 Å². The molecule has 19 heavy (non-hydrogen) atoms. The van der Waals surface area contributed by atoms with E-state index in [1.54, 1.807) is 6.20 Å². The number of ether oxygens (including phenoxy) is 1. The molecule has 0 fully saturated rings. The van der Waals surface area contributed by atoms with Gasteiger partial charge in [-0.1, -0.05) is 0 Å². The lowest BCUT2D eigenvalue weighted by Gasteiger charge is -2.15. The Hall–Kier alpha value is -2.30. The first-order valence-corrected chi connectivity index (χ1v) is 6.02. The molecule has 0 aliphatic rings. The van der Waals surface area contributed by atoms with Gasteiger partial charge in [-0.2, -0.15) is 0 Å². The summed E-state index contributed by atoms with van der Waals surface area (Å²) in [6, 6.07) is 5.64. The predicted octanol–water partition coefficient (Wildman–Crippen LogP) is 2.53. The maximum Gasteiger partial charge on any atom is 0.238 e. The number of nitrogens with two attached hydrogens (primary N) is 1. The van der Waals surface area contributed by atoms with E-state index < -0.39 is 0 Å². The van der Waals surface area contributed by atoms with E-state index in [1.807, 2.05) is 51.0 Å². The Kier molecular flexibility index (Phi) is 3.55. The summed E-state index contributed by atoms with van der Waals surface area (Å²) in [4.78, 5) is 10.5. The fraction of sp³-hybridized carbons (Fsp3) is 0.286. The number of rotatable bonds is 3. The molecule has 0 spiro atoms. The zero-order valence-electron chi connectivity index (χ0n) is 11.6. The molecule has 2 N–H and O–H groups in total. The number of anilines is 2. The van der Waals surface area contributed by atoms with Gasteiger partial charge < -0.3 is 15.4 Å². The third kappa shape index (κ3) is 2.93. The van der Waals surface area contributed by atoms with Crippen LogP contribution in [0.25, 0.3) is 0 Å². The highest BCUT2D eigenvalue weighted by atomic mass is 16.5. The highest BCUT2D eigenvalue weighted by molar-refractivity contribution is 5.62. The first-order chi connectivity index (χ1) is 8.97. The second-order valence-electron chi connectivity index (χ2n) is 4.60. The SMILES string of the molecule is Cc1ncc(Oc2cc(N(C)C)ccc2N)nc1C. The second-order valence-corrected chi connectivity index (χ2v) is 4.60. The molecule has 0 aliphatic heterocycles. The molecule has 0 saturated heterocycles. The number of aromatic nitrogens is 2. The summed E-state index contributed by atoms with van der Waals surface area (Å²) in [7, 11) is 3.93. The molecule has 2 aromatic rings. The molecule has 0 bridgehead atoms. The highest BCUT2D eigenvalue weighted by Crippen LogP contribution is 2.30. The third-order valence-electron chi connectivity index (χ3n) is 2.90. The van der Waals surface area contributed by atoms with Crippen LogP contribution in [0.5, 0.6) is 11.6 Å². The molecule has 0 atom stereocenters. The molecule has 1 heterocycles. The van der Waals surface area contributed by atoms with Crippen LogP contribution in [-0.2, 0) is 0 Å². The second kappa shape index (κ2) is 5.14. The van der Waals surface area contributed by atoms with E-state index in [2.05, 4.69) is 9.97 Å². The van der Waals surface area contributed by atoms with E-state index >= 15 is 0 Å². The number of nitrogens with zero attached hydrogens (tertiary/aromatic N) is 3. The average Bonchev–Trinajstić information content (AvgIpc) is 2.36. The van der Waals surface area contributed by atoms with Gasteiger partial charge in [-0.15, -0.1) is 0 Å². The van der Waals surface area contributed by atoms with E-state index in [-0.39, 0.29) is 0 Å². The molecule has 100 valence electrons. The van der Waals surface area contributed by atoms with Crippen LogP contribution in [0.15, 0.2) is 24.4 Å². The van der Waals surface area contributed by atoms with Crippen molar-refractivity contribution in [2.75, 3.05) is 24.7 Å². The number of nitrogen functional groups attached to an aromatic ring is 1. The Morgan fingerprint density at radius 3 is 2.53 bits per heavy atom. The van der Waals surface area contributed by atoms with E-state index in [9.17, 15) is 0 Å². The highest BCUT2D eigenvalue weighted by Gasteiger charge is 2.07. The van der Waals surface area contributed by atoms with Gasteiger partial charge in [0.1, 0.15) is 0 Å². The van der Waals surface area contributed by atoms with Crippen molar-refractivity contribution in [2.24, 2.45) is 0 Å². The van der Waals surface area contributed by atoms with Crippen LogP contribution in [0.3, 0.4) is 0 Å². The topological polar surface area (TPSA) is 64.3 Å². The van der Waals surface area contributed by atoms with Gasteiger partial charge in [-0.05, 0) is 26.0 Å². The summed E-state index contributed by atoms with van der Waals surface area (Å²) in [5.41, 5.74) is 9.24. The van der Waals surface area contributed by atoms with Gasteiger partial charge in [0.25, 0.3) is 0 Å². The van der Waals surface area contributed by atoms with Crippen LogP contribution in [0.1, 0.15) is 11.4 Å². The monoisotopic (exact) mass is 258 g/mol. The molecule has 0 aliphatic carbocycles. The zero-order valence-corrected chi connectivity index (χ0v) is 11.6. The Morgan fingerprint density at radius 1 is 1.16 bits per heavy atom. The number of benzene rings is 1. The van der Waals surface area contributed by atoms with E-state index in [4.69, 9.17) is 10.5 Å².